The number of pyridine rings is 1. The number of nitrogens with one attached hydrogen (secondary N) is 1. The van der Waals surface area contributed by atoms with E-state index in [9.17, 15) is 0 Å². The van der Waals surface area contributed by atoms with Gasteiger partial charge in [0.2, 0.25) is 0 Å². The zero-order valence-corrected chi connectivity index (χ0v) is 9.14. The highest BCUT2D eigenvalue weighted by Gasteiger charge is 2.37. The van der Waals surface area contributed by atoms with E-state index in [0.717, 1.165) is 17.0 Å². The summed E-state index contributed by atoms with van der Waals surface area (Å²) >= 11 is 0. The summed E-state index contributed by atoms with van der Waals surface area (Å²) in [6.45, 7) is 2.25. The van der Waals surface area contributed by atoms with E-state index in [0.29, 0.717) is 11.7 Å². The van der Waals surface area contributed by atoms with Crippen molar-refractivity contribution in [3.63, 3.8) is 0 Å². The molecular formula is C12H14N4. The fourth-order valence-electron chi connectivity index (χ4n) is 2.18. The second-order valence-corrected chi connectivity index (χ2v) is 4.45. The van der Waals surface area contributed by atoms with E-state index < -0.39 is 0 Å². The van der Waals surface area contributed by atoms with Gasteiger partial charge in [0.25, 0.3) is 0 Å². The van der Waals surface area contributed by atoms with Crippen molar-refractivity contribution in [2.24, 2.45) is 5.92 Å². The monoisotopic (exact) mass is 214 g/mol. The fraction of sp³-hybridized carbons (Fsp3) is 0.333. The van der Waals surface area contributed by atoms with Gasteiger partial charge < -0.3 is 5.73 Å². The van der Waals surface area contributed by atoms with Gasteiger partial charge >= 0.3 is 0 Å². The first-order valence-electron chi connectivity index (χ1n) is 5.51. The summed E-state index contributed by atoms with van der Waals surface area (Å²) in [5, 5.41) is 7.19. The topological polar surface area (TPSA) is 67.6 Å². The van der Waals surface area contributed by atoms with Gasteiger partial charge in [0.05, 0.1) is 0 Å². The highest BCUT2D eigenvalue weighted by atomic mass is 15.2. The van der Waals surface area contributed by atoms with Crippen molar-refractivity contribution in [2.45, 2.75) is 19.3 Å². The van der Waals surface area contributed by atoms with Crippen molar-refractivity contribution >= 4 is 5.82 Å². The van der Waals surface area contributed by atoms with Crippen LogP contribution in [0.1, 0.15) is 25.0 Å². The Bertz CT molecular complexity index is 503. The third-order valence-electron chi connectivity index (χ3n) is 3.27. The third kappa shape index (κ3) is 1.38. The van der Waals surface area contributed by atoms with Crippen molar-refractivity contribution in [1.29, 1.82) is 0 Å². The van der Waals surface area contributed by atoms with Gasteiger partial charge in [-0.2, -0.15) is 5.10 Å². The number of hydrogen-bond donors (Lipinski definition) is 2. The summed E-state index contributed by atoms with van der Waals surface area (Å²) in [5.74, 6) is 1.91. The molecule has 2 heterocycles. The maximum absolute atomic E-state index is 5.92. The molecule has 0 bridgehead atoms. The van der Waals surface area contributed by atoms with Crippen LogP contribution in [0.3, 0.4) is 0 Å². The number of nitrogens with two attached hydrogens (primary N) is 1. The van der Waals surface area contributed by atoms with Crippen LogP contribution in [-0.2, 0) is 0 Å². The number of nitrogens with zero attached hydrogens (tertiary/aromatic N) is 2. The van der Waals surface area contributed by atoms with Gasteiger partial charge in [-0.05, 0) is 30.0 Å². The molecule has 2 atom stereocenters. The summed E-state index contributed by atoms with van der Waals surface area (Å²) in [4.78, 5) is 4.02. The van der Waals surface area contributed by atoms with Crippen molar-refractivity contribution in [3.05, 3.63) is 30.2 Å². The number of aromatic nitrogens is 3. The Labute approximate surface area is 93.9 Å². The third-order valence-corrected chi connectivity index (χ3v) is 3.27. The molecule has 4 heteroatoms. The van der Waals surface area contributed by atoms with Gasteiger partial charge in [0.1, 0.15) is 0 Å². The predicted octanol–water partition coefficient (Wildman–Crippen LogP) is 2.18. The minimum absolute atomic E-state index is 0.584. The summed E-state index contributed by atoms with van der Waals surface area (Å²) < 4.78 is 0. The normalized spacial score (nSPS) is 23.3. The van der Waals surface area contributed by atoms with Crippen LogP contribution in [-0.4, -0.2) is 15.2 Å². The Balaban J connectivity index is 2.09. The molecule has 3 rings (SSSR count). The molecule has 3 N–H and O–H groups in total. The number of nitrogen functional groups attached to an aromatic ring is 1. The van der Waals surface area contributed by atoms with Gasteiger partial charge in [0, 0.05) is 29.6 Å². The lowest BCUT2D eigenvalue weighted by Crippen LogP contribution is -1.90. The summed E-state index contributed by atoms with van der Waals surface area (Å²) in [6.07, 6.45) is 4.78. The molecule has 0 aliphatic heterocycles. The Morgan fingerprint density at radius 1 is 1.38 bits per heavy atom. The first-order chi connectivity index (χ1) is 7.77. The summed E-state index contributed by atoms with van der Waals surface area (Å²) in [6, 6.07) is 3.94. The van der Waals surface area contributed by atoms with Gasteiger partial charge in [-0.15, -0.1) is 0 Å². The molecule has 2 aromatic rings. The van der Waals surface area contributed by atoms with E-state index in [1.54, 1.807) is 12.4 Å². The number of H-pyrrole nitrogens is 1. The minimum atomic E-state index is 0.584. The molecule has 16 heavy (non-hydrogen) atoms. The molecule has 1 saturated carbocycles. The standard InChI is InChI=1S/C12H14N4/c1-7-6-9(7)11-10(12(13)16-15-11)8-2-4-14-5-3-8/h2-5,7,9H,6H2,1H3,(H3,13,15,16). The second kappa shape index (κ2) is 3.33. The van der Waals surface area contributed by atoms with Gasteiger partial charge in [-0.1, -0.05) is 6.92 Å². The van der Waals surface area contributed by atoms with E-state index in [2.05, 4.69) is 22.1 Å². The lowest BCUT2D eigenvalue weighted by atomic mass is 10.0. The molecule has 1 aliphatic rings. The smallest absolute Gasteiger partial charge is 0.153 e. The maximum atomic E-state index is 5.92. The number of anilines is 1. The van der Waals surface area contributed by atoms with E-state index >= 15 is 0 Å². The predicted molar refractivity (Wildman–Crippen MR) is 62.8 cm³/mol. The quantitative estimate of drug-likeness (QED) is 0.805. The number of hydrogen-bond acceptors (Lipinski definition) is 3. The SMILES string of the molecule is CC1CC1c1[nH]nc(N)c1-c1ccncc1. The van der Waals surface area contributed by atoms with Crippen LogP contribution in [0, 0.1) is 5.92 Å². The zero-order chi connectivity index (χ0) is 11.1. The van der Waals surface area contributed by atoms with E-state index in [1.165, 1.54) is 12.1 Å². The lowest BCUT2D eigenvalue weighted by Gasteiger charge is -2.02. The summed E-state index contributed by atoms with van der Waals surface area (Å²) in [5.41, 5.74) is 9.24. The molecule has 82 valence electrons. The molecule has 2 aromatic heterocycles. The first kappa shape index (κ1) is 9.39. The molecule has 0 saturated heterocycles. The van der Waals surface area contributed by atoms with Gasteiger partial charge in [0.15, 0.2) is 5.82 Å². The maximum Gasteiger partial charge on any atom is 0.153 e. The Morgan fingerprint density at radius 3 is 2.69 bits per heavy atom. The van der Waals surface area contributed by atoms with Crippen LogP contribution in [0.25, 0.3) is 11.1 Å². The molecule has 0 spiro atoms. The highest BCUT2D eigenvalue weighted by Crippen LogP contribution is 2.49. The van der Waals surface area contributed by atoms with E-state index in [-0.39, 0.29) is 0 Å². The Morgan fingerprint density at radius 2 is 2.06 bits per heavy atom. The van der Waals surface area contributed by atoms with Crippen molar-refractivity contribution in [3.8, 4) is 11.1 Å². The highest BCUT2D eigenvalue weighted by molar-refractivity contribution is 5.76. The molecule has 0 aromatic carbocycles. The van der Waals surface area contributed by atoms with Crippen LogP contribution in [0.15, 0.2) is 24.5 Å². The first-order valence-corrected chi connectivity index (χ1v) is 5.51. The van der Waals surface area contributed by atoms with Gasteiger partial charge in [-0.25, -0.2) is 0 Å². The van der Waals surface area contributed by atoms with Crippen LogP contribution in [0.4, 0.5) is 5.82 Å². The zero-order valence-electron chi connectivity index (χ0n) is 9.14. The molecule has 0 amide bonds. The number of aromatic amines is 1. The molecule has 1 aliphatic carbocycles. The van der Waals surface area contributed by atoms with Gasteiger partial charge in [-0.3, -0.25) is 10.1 Å². The fourth-order valence-corrected chi connectivity index (χ4v) is 2.18. The second-order valence-electron chi connectivity index (χ2n) is 4.45. The number of rotatable bonds is 2. The minimum Gasteiger partial charge on any atom is -0.382 e. The molecular weight excluding hydrogens is 200 g/mol. The average molecular weight is 214 g/mol. The van der Waals surface area contributed by atoms with Crippen LogP contribution in [0.2, 0.25) is 0 Å². The lowest BCUT2D eigenvalue weighted by molar-refractivity contribution is 0.873. The average Bonchev–Trinajstić information content (AvgIpc) is 2.89. The van der Waals surface area contributed by atoms with Crippen LogP contribution < -0.4 is 5.73 Å². The van der Waals surface area contributed by atoms with E-state index in [4.69, 9.17) is 5.73 Å². The van der Waals surface area contributed by atoms with Crippen molar-refractivity contribution < 1.29 is 0 Å². The molecule has 1 fully saturated rings. The molecule has 0 radical (unpaired) electrons. The van der Waals surface area contributed by atoms with E-state index in [1.807, 2.05) is 12.1 Å². The summed E-state index contributed by atoms with van der Waals surface area (Å²) in [7, 11) is 0. The van der Waals surface area contributed by atoms with Crippen LogP contribution >= 0.6 is 0 Å². The largest absolute Gasteiger partial charge is 0.382 e. The van der Waals surface area contributed by atoms with Crippen LogP contribution in [0.5, 0.6) is 0 Å². The molecule has 4 nitrogen and oxygen atoms in total. The van der Waals surface area contributed by atoms with Crippen molar-refractivity contribution in [2.75, 3.05) is 5.73 Å². The Kier molecular flexibility index (Phi) is 1.96. The molecule has 2 unspecified atom stereocenters. The Hall–Kier alpha value is -1.84. The van der Waals surface area contributed by atoms with Crippen molar-refractivity contribution in [1.82, 2.24) is 15.2 Å².